The fourth-order valence-electron chi connectivity index (χ4n) is 2.52. The minimum atomic E-state index is -0.524. The molecule has 0 aromatic heterocycles. The SMILES string of the molecule is CCCCCC(O)CC(=O)CCc1ccc(CO)c(CO)c1. The highest BCUT2D eigenvalue weighted by atomic mass is 16.3. The van der Waals surface area contributed by atoms with Crippen molar-refractivity contribution < 1.29 is 20.1 Å². The summed E-state index contributed by atoms with van der Waals surface area (Å²) in [5.74, 6) is 0.0702. The van der Waals surface area contributed by atoms with Crippen molar-refractivity contribution in [2.24, 2.45) is 0 Å². The minimum absolute atomic E-state index is 0.0702. The van der Waals surface area contributed by atoms with Gasteiger partial charge in [0.15, 0.2) is 0 Å². The first-order chi connectivity index (χ1) is 10.6. The Kier molecular flexibility index (Phi) is 8.97. The molecule has 0 saturated carbocycles. The fourth-order valence-corrected chi connectivity index (χ4v) is 2.52. The smallest absolute Gasteiger partial charge is 0.135 e. The molecule has 1 atom stereocenters. The Labute approximate surface area is 132 Å². The summed E-state index contributed by atoms with van der Waals surface area (Å²) in [6.45, 7) is 1.90. The molecule has 1 unspecified atom stereocenters. The monoisotopic (exact) mass is 308 g/mol. The van der Waals surface area contributed by atoms with Crippen LogP contribution in [-0.4, -0.2) is 27.2 Å². The maximum atomic E-state index is 11.9. The topological polar surface area (TPSA) is 77.8 Å². The van der Waals surface area contributed by atoms with Gasteiger partial charge >= 0.3 is 0 Å². The van der Waals surface area contributed by atoms with Gasteiger partial charge in [-0.05, 0) is 29.5 Å². The lowest BCUT2D eigenvalue weighted by Crippen LogP contribution is -2.14. The molecule has 124 valence electrons. The summed E-state index contributed by atoms with van der Waals surface area (Å²) >= 11 is 0. The number of carbonyl (C=O) groups excluding carboxylic acids is 1. The van der Waals surface area contributed by atoms with Crippen LogP contribution in [0.25, 0.3) is 0 Å². The van der Waals surface area contributed by atoms with E-state index < -0.39 is 6.10 Å². The summed E-state index contributed by atoms with van der Waals surface area (Å²) in [5, 5.41) is 28.2. The summed E-state index contributed by atoms with van der Waals surface area (Å²) in [5.41, 5.74) is 2.38. The molecule has 0 aliphatic rings. The zero-order chi connectivity index (χ0) is 16.4. The second-order valence-corrected chi connectivity index (χ2v) is 5.81. The molecule has 0 aliphatic carbocycles. The van der Waals surface area contributed by atoms with Crippen molar-refractivity contribution in [3.8, 4) is 0 Å². The highest BCUT2D eigenvalue weighted by molar-refractivity contribution is 5.79. The van der Waals surface area contributed by atoms with Crippen molar-refractivity contribution in [2.75, 3.05) is 0 Å². The van der Waals surface area contributed by atoms with E-state index in [1.54, 1.807) is 6.07 Å². The second kappa shape index (κ2) is 10.5. The van der Waals surface area contributed by atoms with Gasteiger partial charge in [-0.15, -0.1) is 0 Å². The normalized spacial score (nSPS) is 12.4. The molecule has 1 aromatic rings. The first-order valence-electron chi connectivity index (χ1n) is 8.12. The lowest BCUT2D eigenvalue weighted by Gasteiger charge is -2.10. The van der Waals surface area contributed by atoms with E-state index >= 15 is 0 Å². The largest absolute Gasteiger partial charge is 0.393 e. The van der Waals surface area contributed by atoms with Gasteiger partial charge in [-0.2, -0.15) is 0 Å². The Balaban J connectivity index is 2.40. The van der Waals surface area contributed by atoms with E-state index in [4.69, 9.17) is 5.11 Å². The molecule has 4 heteroatoms. The number of aliphatic hydroxyl groups excluding tert-OH is 3. The van der Waals surface area contributed by atoms with Gasteiger partial charge in [0.2, 0.25) is 0 Å². The molecule has 0 fully saturated rings. The number of aryl methyl sites for hydroxylation is 1. The lowest BCUT2D eigenvalue weighted by molar-refractivity contribution is -0.121. The quantitative estimate of drug-likeness (QED) is 0.549. The zero-order valence-electron chi connectivity index (χ0n) is 13.4. The van der Waals surface area contributed by atoms with Gasteiger partial charge in [0.1, 0.15) is 5.78 Å². The van der Waals surface area contributed by atoms with Gasteiger partial charge < -0.3 is 15.3 Å². The molecule has 0 radical (unpaired) electrons. The van der Waals surface area contributed by atoms with Crippen LogP contribution in [0.5, 0.6) is 0 Å². The highest BCUT2D eigenvalue weighted by Gasteiger charge is 2.11. The van der Waals surface area contributed by atoms with Gasteiger partial charge in [0, 0.05) is 12.8 Å². The standard InChI is InChI=1S/C18H28O4/c1-2-3-4-5-17(21)11-18(22)9-7-14-6-8-15(12-19)16(10-14)13-20/h6,8,10,17,19-21H,2-5,7,9,11-13H2,1H3. The molecule has 0 saturated heterocycles. The molecule has 1 aromatic carbocycles. The van der Waals surface area contributed by atoms with Crippen LogP contribution < -0.4 is 0 Å². The van der Waals surface area contributed by atoms with Crippen LogP contribution in [0.2, 0.25) is 0 Å². The molecule has 0 heterocycles. The number of unbranched alkanes of at least 4 members (excludes halogenated alkanes) is 2. The third kappa shape index (κ3) is 6.69. The van der Waals surface area contributed by atoms with Crippen LogP contribution in [-0.2, 0) is 24.4 Å². The third-order valence-electron chi connectivity index (χ3n) is 3.91. The number of benzene rings is 1. The number of hydrogen-bond donors (Lipinski definition) is 3. The summed E-state index contributed by atoms with van der Waals surface area (Å²) in [7, 11) is 0. The van der Waals surface area contributed by atoms with Gasteiger partial charge in [0.05, 0.1) is 19.3 Å². The Morgan fingerprint density at radius 3 is 2.50 bits per heavy atom. The number of carbonyl (C=O) groups is 1. The Morgan fingerprint density at radius 2 is 1.86 bits per heavy atom. The van der Waals surface area contributed by atoms with Crippen molar-refractivity contribution in [1.29, 1.82) is 0 Å². The summed E-state index contributed by atoms with van der Waals surface area (Å²) in [6, 6.07) is 5.48. The Bertz CT molecular complexity index is 456. The maximum absolute atomic E-state index is 11.9. The van der Waals surface area contributed by atoms with Crippen LogP contribution in [0, 0.1) is 0 Å². The number of ketones is 1. The van der Waals surface area contributed by atoms with Crippen molar-refractivity contribution in [1.82, 2.24) is 0 Å². The Morgan fingerprint density at radius 1 is 1.14 bits per heavy atom. The fraction of sp³-hybridized carbons (Fsp3) is 0.611. The molecule has 4 nitrogen and oxygen atoms in total. The van der Waals surface area contributed by atoms with Gasteiger partial charge in [-0.25, -0.2) is 0 Å². The van der Waals surface area contributed by atoms with E-state index in [2.05, 4.69) is 6.92 Å². The van der Waals surface area contributed by atoms with Crippen molar-refractivity contribution in [3.05, 3.63) is 34.9 Å². The maximum Gasteiger partial charge on any atom is 0.135 e. The minimum Gasteiger partial charge on any atom is -0.393 e. The molecular weight excluding hydrogens is 280 g/mol. The predicted molar refractivity (Wildman–Crippen MR) is 86.4 cm³/mol. The molecule has 1 rings (SSSR count). The second-order valence-electron chi connectivity index (χ2n) is 5.81. The van der Waals surface area contributed by atoms with E-state index in [9.17, 15) is 15.0 Å². The molecule has 3 N–H and O–H groups in total. The van der Waals surface area contributed by atoms with Crippen LogP contribution in [0.1, 0.15) is 62.1 Å². The highest BCUT2D eigenvalue weighted by Crippen LogP contribution is 2.15. The zero-order valence-corrected chi connectivity index (χ0v) is 13.4. The molecular formula is C18H28O4. The first-order valence-corrected chi connectivity index (χ1v) is 8.12. The number of aliphatic hydroxyl groups is 3. The number of hydrogen-bond acceptors (Lipinski definition) is 4. The molecule has 0 aliphatic heterocycles. The van der Waals surface area contributed by atoms with Crippen molar-refractivity contribution >= 4 is 5.78 Å². The molecule has 22 heavy (non-hydrogen) atoms. The van der Waals surface area contributed by atoms with Gasteiger partial charge in [-0.3, -0.25) is 4.79 Å². The summed E-state index contributed by atoms with van der Waals surface area (Å²) < 4.78 is 0. The lowest BCUT2D eigenvalue weighted by atomic mass is 9.98. The van der Waals surface area contributed by atoms with Crippen LogP contribution in [0.3, 0.4) is 0 Å². The Hall–Kier alpha value is -1.23. The van der Waals surface area contributed by atoms with E-state index in [0.717, 1.165) is 24.8 Å². The van der Waals surface area contributed by atoms with Crippen LogP contribution in [0.15, 0.2) is 18.2 Å². The average Bonchev–Trinajstić information content (AvgIpc) is 2.52. The van der Waals surface area contributed by atoms with Crippen LogP contribution >= 0.6 is 0 Å². The number of Topliss-reactive ketones (excluding diaryl/α,β-unsaturated/α-hetero) is 1. The van der Waals surface area contributed by atoms with E-state index in [1.807, 2.05) is 12.1 Å². The number of rotatable bonds is 11. The molecule has 0 bridgehead atoms. The summed E-state index contributed by atoms with van der Waals surface area (Å²) in [6.07, 6.45) is 4.55. The summed E-state index contributed by atoms with van der Waals surface area (Å²) in [4.78, 5) is 11.9. The predicted octanol–water partition coefficient (Wildman–Crippen LogP) is 2.50. The van der Waals surface area contributed by atoms with Crippen molar-refractivity contribution in [3.63, 3.8) is 0 Å². The van der Waals surface area contributed by atoms with Crippen LogP contribution in [0.4, 0.5) is 0 Å². The first kappa shape index (κ1) is 18.8. The molecule has 0 spiro atoms. The van der Waals surface area contributed by atoms with Gasteiger partial charge in [-0.1, -0.05) is 44.4 Å². The van der Waals surface area contributed by atoms with Crippen molar-refractivity contribution in [2.45, 2.75) is 71.2 Å². The van der Waals surface area contributed by atoms with E-state index in [0.29, 0.717) is 30.4 Å². The van der Waals surface area contributed by atoms with E-state index in [1.165, 1.54) is 0 Å². The van der Waals surface area contributed by atoms with E-state index in [-0.39, 0.29) is 25.4 Å². The van der Waals surface area contributed by atoms with Gasteiger partial charge in [0.25, 0.3) is 0 Å². The third-order valence-corrected chi connectivity index (χ3v) is 3.91. The average molecular weight is 308 g/mol. The molecule has 0 amide bonds.